The van der Waals surface area contributed by atoms with E-state index in [0.29, 0.717) is 18.4 Å². The van der Waals surface area contributed by atoms with Crippen LogP contribution >= 0.6 is 0 Å². The second-order valence-electron chi connectivity index (χ2n) is 4.85. The van der Waals surface area contributed by atoms with E-state index >= 15 is 0 Å². The summed E-state index contributed by atoms with van der Waals surface area (Å²) in [7, 11) is 0. The van der Waals surface area contributed by atoms with E-state index < -0.39 is 6.10 Å². The van der Waals surface area contributed by atoms with Crippen LogP contribution in [0.5, 0.6) is 0 Å². The lowest BCUT2D eigenvalue weighted by Gasteiger charge is -2.13. The molecule has 1 aliphatic carbocycles. The predicted molar refractivity (Wildman–Crippen MR) is 55.7 cm³/mol. The van der Waals surface area contributed by atoms with Crippen molar-refractivity contribution in [3.8, 4) is 0 Å². The van der Waals surface area contributed by atoms with Crippen molar-refractivity contribution in [3.63, 3.8) is 0 Å². The molecule has 3 atom stereocenters. The van der Waals surface area contributed by atoms with E-state index in [1.165, 1.54) is 0 Å². The number of hydrogen-bond donors (Lipinski definition) is 2. The van der Waals surface area contributed by atoms with Gasteiger partial charge >= 0.3 is 0 Å². The first-order valence-electron chi connectivity index (χ1n) is 5.46. The zero-order chi connectivity index (χ0) is 10.7. The van der Waals surface area contributed by atoms with E-state index in [1.54, 1.807) is 0 Å². The molecular formula is C11H21NO2. The minimum Gasteiger partial charge on any atom is -0.391 e. The summed E-state index contributed by atoms with van der Waals surface area (Å²) in [6, 6.07) is 0. The molecule has 0 bridgehead atoms. The minimum absolute atomic E-state index is 0.111. The maximum absolute atomic E-state index is 11.4. The summed E-state index contributed by atoms with van der Waals surface area (Å²) in [4.78, 5) is 11.4. The SMILES string of the molecule is CC(C)CC(O)CNC(=O)C1CC1C. The lowest BCUT2D eigenvalue weighted by molar-refractivity contribution is -0.123. The van der Waals surface area contributed by atoms with Gasteiger partial charge in [-0.1, -0.05) is 20.8 Å². The molecule has 1 aliphatic rings. The van der Waals surface area contributed by atoms with E-state index in [4.69, 9.17) is 0 Å². The van der Waals surface area contributed by atoms with Gasteiger partial charge in [0.15, 0.2) is 0 Å². The van der Waals surface area contributed by atoms with Gasteiger partial charge in [-0.05, 0) is 24.7 Å². The van der Waals surface area contributed by atoms with Gasteiger partial charge in [-0.15, -0.1) is 0 Å². The first-order chi connectivity index (χ1) is 6.50. The molecule has 0 aromatic heterocycles. The smallest absolute Gasteiger partial charge is 0.223 e. The molecule has 14 heavy (non-hydrogen) atoms. The molecule has 3 heteroatoms. The monoisotopic (exact) mass is 199 g/mol. The number of aliphatic hydroxyl groups is 1. The van der Waals surface area contributed by atoms with Crippen molar-refractivity contribution in [1.29, 1.82) is 0 Å². The average molecular weight is 199 g/mol. The number of amides is 1. The van der Waals surface area contributed by atoms with Crippen LogP contribution in [-0.4, -0.2) is 23.7 Å². The fourth-order valence-electron chi connectivity index (χ4n) is 1.66. The summed E-state index contributed by atoms with van der Waals surface area (Å²) in [5.41, 5.74) is 0. The van der Waals surface area contributed by atoms with Crippen LogP contribution in [0.3, 0.4) is 0 Å². The molecule has 2 N–H and O–H groups in total. The van der Waals surface area contributed by atoms with Crippen molar-refractivity contribution < 1.29 is 9.90 Å². The molecule has 3 unspecified atom stereocenters. The van der Waals surface area contributed by atoms with Crippen LogP contribution in [-0.2, 0) is 4.79 Å². The maximum atomic E-state index is 11.4. The third-order valence-electron chi connectivity index (χ3n) is 2.70. The number of carbonyl (C=O) groups excluding carboxylic acids is 1. The Kier molecular flexibility index (Phi) is 3.93. The second-order valence-corrected chi connectivity index (χ2v) is 4.85. The van der Waals surface area contributed by atoms with E-state index in [1.807, 2.05) is 0 Å². The Morgan fingerprint density at radius 3 is 2.57 bits per heavy atom. The van der Waals surface area contributed by atoms with Crippen LogP contribution in [0.25, 0.3) is 0 Å². The van der Waals surface area contributed by atoms with E-state index in [0.717, 1.165) is 12.8 Å². The summed E-state index contributed by atoms with van der Waals surface area (Å²) in [6.07, 6.45) is 1.36. The third kappa shape index (κ3) is 3.66. The molecule has 1 fully saturated rings. The zero-order valence-electron chi connectivity index (χ0n) is 9.29. The van der Waals surface area contributed by atoms with Gasteiger partial charge in [-0.3, -0.25) is 4.79 Å². The van der Waals surface area contributed by atoms with Gasteiger partial charge in [0.25, 0.3) is 0 Å². The standard InChI is InChI=1S/C11H21NO2/c1-7(2)4-9(13)6-12-11(14)10-5-8(10)3/h7-10,13H,4-6H2,1-3H3,(H,12,14). The van der Waals surface area contributed by atoms with Crippen molar-refractivity contribution in [2.45, 2.75) is 39.7 Å². The Labute approximate surface area is 85.9 Å². The minimum atomic E-state index is -0.395. The topological polar surface area (TPSA) is 49.3 Å². The van der Waals surface area contributed by atoms with Crippen LogP contribution in [0.15, 0.2) is 0 Å². The Balaban J connectivity index is 2.10. The number of hydrogen-bond acceptors (Lipinski definition) is 2. The molecule has 3 nitrogen and oxygen atoms in total. The largest absolute Gasteiger partial charge is 0.391 e. The summed E-state index contributed by atoms with van der Waals surface area (Å²) in [5.74, 6) is 1.33. The van der Waals surface area contributed by atoms with Crippen molar-refractivity contribution in [3.05, 3.63) is 0 Å². The van der Waals surface area contributed by atoms with Crippen LogP contribution in [0.4, 0.5) is 0 Å². The second kappa shape index (κ2) is 4.78. The fourth-order valence-corrected chi connectivity index (χ4v) is 1.66. The van der Waals surface area contributed by atoms with Gasteiger partial charge in [0, 0.05) is 12.5 Å². The summed E-state index contributed by atoms with van der Waals surface area (Å²) in [5, 5.41) is 12.3. The number of rotatable bonds is 5. The van der Waals surface area contributed by atoms with E-state index in [-0.39, 0.29) is 11.8 Å². The van der Waals surface area contributed by atoms with Gasteiger partial charge < -0.3 is 10.4 Å². The van der Waals surface area contributed by atoms with Gasteiger partial charge in [0.2, 0.25) is 5.91 Å². The van der Waals surface area contributed by atoms with Crippen molar-refractivity contribution in [2.75, 3.05) is 6.54 Å². The van der Waals surface area contributed by atoms with Gasteiger partial charge in [-0.25, -0.2) is 0 Å². The highest BCUT2D eigenvalue weighted by molar-refractivity contribution is 5.81. The first-order valence-corrected chi connectivity index (χ1v) is 5.46. The van der Waals surface area contributed by atoms with Crippen LogP contribution in [0.1, 0.15) is 33.6 Å². The normalized spacial score (nSPS) is 27.5. The molecule has 0 heterocycles. The lowest BCUT2D eigenvalue weighted by Crippen LogP contribution is -2.33. The maximum Gasteiger partial charge on any atom is 0.223 e. The molecule has 0 aliphatic heterocycles. The average Bonchev–Trinajstić information content (AvgIpc) is 2.77. The molecule has 82 valence electrons. The molecule has 1 rings (SSSR count). The number of carbonyl (C=O) groups is 1. The molecular weight excluding hydrogens is 178 g/mol. The predicted octanol–water partition coefficient (Wildman–Crippen LogP) is 1.17. The highest BCUT2D eigenvalue weighted by Gasteiger charge is 2.38. The Bertz CT molecular complexity index is 203. The highest BCUT2D eigenvalue weighted by Crippen LogP contribution is 2.37. The molecule has 0 aromatic carbocycles. The molecule has 1 saturated carbocycles. The molecule has 0 aromatic rings. The van der Waals surface area contributed by atoms with Gasteiger partial charge in [0.05, 0.1) is 6.10 Å². The molecule has 0 spiro atoms. The number of aliphatic hydroxyl groups excluding tert-OH is 1. The van der Waals surface area contributed by atoms with Crippen LogP contribution in [0.2, 0.25) is 0 Å². The Morgan fingerprint density at radius 1 is 1.57 bits per heavy atom. The van der Waals surface area contributed by atoms with E-state index in [9.17, 15) is 9.90 Å². The molecule has 1 amide bonds. The Morgan fingerprint density at radius 2 is 2.14 bits per heavy atom. The summed E-state index contributed by atoms with van der Waals surface area (Å²) >= 11 is 0. The molecule has 0 saturated heterocycles. The first kappa shape index (κ1) is 11.5. The lowest BCUT2D eigenvalue weighted by atomic mass is 10.1. The zero-order valence-corrected chi connectivity index (χ0v) is 9.29. The van der Waals surface area contributed by atoms with Crippen molar-refractivity contribution in [1.82, 2.24) is 5.32 Å². The number of nitrogens with one attached hydrogen (secondary N) is 1. The van der Waals surface area contributed by atoms with Crippen molar-refractivity contribution in [2.24, 2.45) is 17.8 Å². The van der Waals surface area contributed by atoms with E-state index in [2.05, 4.69) is 26.1 Å². The van der Waals surface area contributed by atoms with Crippen LogP contribution in [0, 0.1) is 17.8 Å². The Hall–Kier alpha value is -0.570. The van der Waals surface area contributed by atoms with Crippen molar-refractivity contribution >= 4 is 5.91 Å². The quantitative estimate of drug-likeness (QED) is 0.698. The van der Waals surface area contributed by atoms with Crippen LogP contribution < -0.4 is 5.32 Å². The third-order valence-corrected chi connectivity index (χ3v) is 2.70. The fraction of sp³-hybridized carbons (Fsp3) is 0.909. The summed E-state index contributed by atoms with van der Waals surface area (Å²) < 4.78 is 0. The summed E-state index contributed by atoms with van der Waals surface area (Å²) in [6.45, 7) is 6.61. The van der Waals surface area contributed by atoms with Gasteiger partial charge in [0.1, 0.15) is 0 Å². The molecule has 0 radical (unpaired) electrons. The highest BCUT2D eigenvalue weighted by atomic mass is 16.3. The van der Waals surface area contributed by atoms with Gasteiger partial charge in [-0.2, -0.15) is 0 Å².